The SMILES string of the molecule is CN(Cc1ccccn1)C(=O)COc1ccc(C#N)cc1. The second kappa shape index (κ2) is 7.06. The van der Waals surface area contributed by atoms with Gasteiger partial charge < -0.3 is 9.64 Å². The molecular formula is C16H15N3O2. The lowest BCUT2D eigenvalue weighted by molar-refractivity contribution is -0.132. The van der Waals surface area contributed by atoms with E-state index in [-0.39, 0.29) is 12.5 Å². The van der Waals surface area contributed by atoms with Crippen LogP contribution < -0.4 is 4.74 Å². The van der Waals surface area contributed by atoms with Crippen molar-refractivity contribution in [3.8, 4) is 11.8 Å². The van der Waals surface area contributed by atoms with E-state index in [4.69, 9.17) is 10.00 Å². The summed E-state index contributed by atoms with van der Waals surface area (Å²) in [6.07, 6.45) is 1.70. The number of benzene rings is 1. The second-order valence-corrected chi connectivity index (χ2v) is 4.50. The molecule has 0 fully saturated rings. The lowest BCUT2D eigenvalue weighted by Crippen LogP contribution is -2.31. The Balaban J connectivity index is 1.84. The van der Waals surface area contributed by atoms with Crippen LogP contribution in [-0.2, 0) is 11.3 Å². The van der Waals surface area contributed by atoms with E-state index in [1.807, 2.05) is 24.3 Å². The molecule has 106 valence electrons. The molecule has 0 spiro atoms. The number of likely N-dealkylation sites (N-methyl/N-ethyl adjacent to an activating group) is 1. The predicted molar refractivity (Wildman–Crippen MR) is 77.4 cm³/mol. The van der Waals surface area contributed by atoms with Crippen molar-refractivity contribution >= 4 is 5.91 Å². The highest BCUT2D eigenvalue weighted by Gasteiger charge is 2.10. The van der Waals surface area contributed by atoms with Crippen molar-refractivity contribution in [3.05, 3.63) is 59.9 Å². The molecule has 1 amide bonds. The highest BCUT2D eigenvalue weighted by Crippen LogP contribution is 2.11. The smallest absolute Gasteiger partial charge is 0.260 e. The number of nitriles is 1. The Kier molecular flexibility index (Phi) is 4.89. The van der Waals surface area contributed by atoms with Crippen molar-refractivity contribution < 1.29 is 9.53 Å². The first kappa shape index (κ1) is 14.5. The van der Waals surface area contributed by atoms with Crippen LogP contribution in [0.4, 0.5) is 0 Å². The maximum Gasteiger partial charge on any atom is 0.260 e. The fraction of sp³-hybridized carbons (Fsp3) is 0.188. The number of carbonyl (C=O) groups is 1. The average molecular weight is 281 g/mol. The Hall–Kier alpha value is -2.87. The Bertz CT molecular complexity index is 633. The van der Waals surface area contributed by atoms with E-state index in [9.17, 15) is 4.79 Å². The van der Waals surface area contributed by atoms with Gasteiger partial charge >= 0.3 is 0 Å². The first-order chi connectivity index (χ1) is 10.2. The van der Waals surface area contributed by atoms with Crippen LogP contribution in [0.25, 0.3) is 0 Å². The molecule has 0 atom stereocenters. The van der Waals surface area contributed by atoms with E-state index in [0.717, 1.165) is 5.69 Å². The molecular weight excluding hydrogens is 266 g/mol. The van der Waals surface area contributed by atoms with E-state index in [1.165, 1.54) is 0 Å². The van der Waals surface area contributed by atoms with Crippen LogP contribution in [0.15, 0.2) is 48.7 Å². The number of amides is 1. The Morgan fingerprint density at radius 2 is 2.05 bits per heavy atom. The van der Waals surface area contributed by atoms with Crippen molar-refractivity contribution in [2.75, 3.05) is 13.7 Å². The van der Waals surface area contributed by atoms with Gasteiger partial charge in [0.2, 0.25) is 0 Å². The number of nitrogens with zero attached hydrogens (tertiary/aromatic N) is 3. The molecule has 0 saturated heterocycles. The molecule has 0 saturated carbocycles. The third-order valence-corrected chi connectivity index (χ3v) is 2.90. The number of pyridine rings is 1. The van der Waals surface area contributed by atoms with Crippen molar-refractivity contribution in [2.24, 2.45) is 0 Å². The Labute approximate surface area is 123 Å². The molecule has 1 aromatic heterocycles. The molecule has 2 rings (SSSR count). The number of hydrogen-bond donors (Lipinski definition) is 0. The summed E-state index contributed by atoms with van der Waals surface area (Å²) < 4.78 is 5.41. The van der Waals surface area contributed by atoms with Crippen molar-refractivity contribution in [3.63, 3.8) is 0 Å². The monoisotopic (exact) mass is 281 g/mol. The van der Waals surface area contributed by atoms with Crippen molar-refractivity contribution in [1.82, 2.24) is 9.88 Å². The normalized spacial score (nSPS) is 9.71. The second-order valence-electron chi connectivity index (χ2n) is 4.50. The van der Waals surface area contributed by atoms with Crippen molar-refractivity contribution in [1.29, 1.82) is 5.26 Å². The van der Waals surface area contributed by atoms with Crippen LogP contribution in [0.1, 0.15) is 11.3 Å². The molecule has 5 heteroatoms. The topological polar surface area (TPSA) is 66.2 Å². The summed E-state index contributed by atoms with van der Waals surface area (Å²) in [5, 5.41) is 8.70. The van der Waals surface area contributed by atoms with Crippen LogP contribution in [0.2, 0.25) is 0 Å². The third kappa shape index (κ3) is 4.32. The molecule has 0 unspecified atom stereocenters. The summed E-state index contributed by atoms with van der Waals surface area (Å²) >= 11 is 0. The van der Waals surface area contributed by atoms with Gasteiger partial charge in [-0.3, -0.25) is 9.78 Å². The van der Waals surface area contributed by atoms with E-state index in [2.05, 4.69) is 4.98 Å². The van der Waals surface area contributed by atoms with E-state index >= 15 is 0 Å². The highest BCUT2D eigenvalue weighted by molar-refractivity contribution is 5.77. The van der Waals surface area contributed by atoms with Gasteiger partial charge in [0.25, 0.3) is 5.91 Å². The summed E-state index contributed by atoms with van der Waals surface area (Å²) in [5.41, 5.74) is 1.38. The van der Waals surface area contributed by atoms with Gasteiger partial charge in [-0.25, -0.2) is 0 Å². The summed E-state index contributed by atoms with van der Waals surface area (Å²) in [7, 11) is 1.71. The molecule has 0 radical (unpaired) electrons. The minimum atomic E-state index is -0.134. The molecule has 0 aliphatic rings. The quantitative estimate of drug-likeness (QED) is 0.840. The molecule has 0 aliphatic heterocycles. The Morgan fingerprint density at radius 1 is 1.29 bits per heavy atom. The van der Waals surface area contributed by atoms with Gasteiger partial charge in [0.15, 0.2) is 6.61 Å². The van der Waals surface area contributed by atoms with Gasteiger partial charge in [0.05, 0.1) is 23.9 Å². The van der Waals surface area contributed by atoms with E-state index < -0.39 is 0 Å². The number of carbonyl (C=O) groups excluding carboxylic acids is 1. The summed E-state index contributed by atoms with van der Waals surface area (Å²) in [4.78, 5) is 17.7. The lowest BCUT2D eigenvalue weighted by atomic mass is 10.2. The fourth-order valence-electron chi connectivity index (χ4n) is 1.70. The lowest BCUT2D eigenvalue weighted by Gasteiger charge is -2.17. The zero-order valence-corrected chi connectivity index (χ0v) is 11.7. The van der Waals surface area contributed by atoms with Gasteiger partial charge in [-0.2, -0.15) is 5.26 Å². The third-order valence-electron chi connectivity index (χ3n) is 2.90. The molecule has 0 aliphatic carbocycles. The molecule has 1 aromatic carbocycles. The van der Waals surface area contributed by atoms with Gasteiger partial charge in [-0.15, -0.1) is 0 Å². The predicted octanol–water partition coefficient (Wildman–Crippen LogP) is 1.99. The number of rotatable bonds is 5. The zero-order chi connectivity index (χ0) is 15.1. The van der Waals surface area contributed by atoms with Gasteiger partial charge in [0, 0.05) is 13.2 Å². The number of hydrogen-bond acceptors (Lipinski definition) is 4. The zero-order valence-electron chi connectivity index (χ0n) is 11.7. The molecule has 5 nitrogen and oxygen atoms in total. The van der Waals surface area contributed by atoms with E-state index in [1.54, 1.807) is 42.4 Å². The molecule has 2 aromatic rings. The molecule has 0 bridgehead atoms. The average Bonchev–Trinajstić information content (AvgIpc) is 2.54. The highest BCUT2D eigenvalue weighted by atomic mass is 16.5. The standard InChI is InChI=1S/C16H15N3O2/c1-19(11-14-4-2-3-9-18-14)16(20)12-21-15-7-5-13(10-17)6-8-15/h2-9H,11-12H2,1H3. The molecule has 0 N–H and O–H groups in total. The maximum atomic E-state index is 12.0. The van der Waals surface area contributed by atoms with Crippen molar-refractivity contribution in [2.45, 2.75) is 6.54 Å². The first-order valence-corrected chi connectivity index (χ1v) is 6.46. The maximum absolute atomic E-state index is 12.0. The minimum Gasteiger partial charge on any atom is -0.484 e. The van der Waals surface area contributed by atoms with Crippen LogP contribution in [0, 0.1) is 11.3 Å². The van der Waals surface area contributed by atoms with Crippen LogP contribution >= 0.6 is 0 Å². The summed E-state index contributed by atoms with van der Waals surface area (Å²) in [6.45, 7) is 0.394. The summed E-state index contributed by atoms with van der Waals surface area (Å²) in [6, 6.07) is 14.3. The molecule has 1 heterocycles. The van der Waals surface area contributed by atoms with Gasteiger partial charge in [-0.05, 0) is 36.4 Å². The van der Waals surface area contributed by atoms with Crippen LogP contribution in [-0.4, -0.2) is 29.4 Å². The Morgan fingerprint density at radius 3 is 2.67 bits per heavy atom. The summed E-state index contributed by atoms with van der Waals surface area (Å²) in [5.74, 6) is 0.429. The first-order valence-electron chi connectivity index (χ1n) is 6.46. The largest absolute Gasteiger partial charge is 0.484 e. The van der Waals surface area contributed by atoms with Gasteiger partial charge in [-0.1, -0.05) is 6.07 Å². The fourth-order valence-corrected chi connectivity index (χ4v) is 1.70. The van der Waals surface area contributed by atoms with Crippen LogP contribution in [0.3, 0.4) is 0 Å². The van der Waals surface area contributed by atoms with Crippen LogP contribution in [0.5, 0.6) is 5.75 Å². The van der Waals surface area contributed by atoms with E-state index in [0.29, 0.717) is 17.9 Å². The number of aromatic nitrogens is 1. The number of ether oxygens (including phenoxy) is 1. The minimum absolute atomic E-state index is 0.0464. The van der Waals surface area contributed by atoms with Gasteiger partial charge in [0.1, 0.15) is 5.75 Å². The molecule has 21 heavy (non-hydrogen) atoms.